The molecule has 2 nitrogen and oxygen atoms in total. The zero-order valence-electron chi connectivity index (χ0n) is 9.13. The van der Waals surface area contributed by atoms with Crippen LogP contribution in [0.3, 0.4) is 0 Å². The first-order chi connectivity index (χ1) is 6.24. The number of likely N-dealkylation sites (N-methyl/N-ethyl adjacent to an activating group) is 1. The zero-order valence-corrected chi connectivity index (χ0v) is 9.13. The lowest BCUT2D eigenvalue weighted by Gasteiger charge is -2.22. The van der Waals surface area contributed by atoms with Crippen LogP contribution >= 0.6 is 0 Å². The minimum absolute atomic E-state index is 0.753. The van der Waals surface area contributed by atoms with E-state index in [0.29, 0.717) is 0 Å². The van der Waals surface area contributed by atoms with Gasteiger partial charge >= 0.3 is 0 Å². The lowest BCUT2D eigenvalue weighted by atomic mass is 10.1. The number of nitrogens with zero attached hydrogens (tertiary/aromatic N) is 1. The second kappa shape index (κ2) is 8.27. The fourth-order valence-corrected chi connectivity index (χ4v) is 1.51. The monoisotopic (exact) mass is 184 g/mol. The molecular formula is C11H24N2. The smallest absolute Gasteiger partial charge is 0.0160 e. The first-order valence-electron chi connectivity index (χ1n) is 5.27. The molecule has 0 fully saturated rings. The molecule has 0 aliphatic heterocycles. The molecule has 1 unspecified atom stereocenters. The van der Waals surface area contributed by atoms with Gasteiger partial charge in [-0.3, -0.25) is 4.90 Å². The molecule has 0 spiro atoms. The van der Waals surface area contributed by atoms with Crippen molar-refractivity contribution in [1.82, 2.24) is 4.90 Å². The zero-order chi connectivity index (χ0) is 10.1. The summed E-state index contributed by atoms with van der Waals surface area (Å²) < 4.78 is 0. The Balaban J connectivity index is 3.58. The largest absolute Gasteiger partial charge is 0.330 e. The molecule has 0 bridgehead atoms. The van der Waals surface area contributed by atoms with Gasteiger partial charge in [0.05, 0.1) is 0 Å². The van der Waals surface area contributed by atoms with Gasteiger partial charge in [0.25, 0.3) is 0 Å². The van der Waals surface area contributed by atoms with Crippen molar-refractivity contribution < 1.29 is 0 Å². The van der Waals surface area contributed by atoms with E-state index in [9.17, 15) is 0 Å². The Morgan fingerprint density at radius 1 is 1.54 bits per heavy atom. The van der Waals surface area contributed by atoms with Gasteiger partial charge in [-0.2, -0.15) is 0 Å². The summed E-state index contributed by atoms with van der Waals surface area (Å²) in [4.78, 5) is 2.41. The third kappa shape index (κ3) is 6.79. The van der Waals surface area contributed by atoms with Gasteiger partial charge in [0.1, 0.15) is 0 Å². The summed E-state index contributed by atoms with van der Waals surface area (Å²) in [7, 11) is 0. The molecule has 0 aliphatic rings. The highest BCUT2D eigenvalue weighted by molar-refractivity contribution is 4.73. The average Bonchev–Trinajstić information content (AvgIpc) is 2.14. The quantitative estimate of drug-likeness (QED) is 0.584. The van der Waals surface area contributed by atoms with Crippen molar-refractivity contribution in [3.8, 4) is 0 Å². The van der Waals surface area contributed by atoms with Gasteiger partial charge in [-0.05, 0) is 31.8 Å². The fraction of sp³-hybridized carbons (Fsp3) is 0.818. The molecule has 0 aromatic heterocycles. The highest BCUT2D eigenvalue weighted by Crippen LogP contribution is 2.06. The molecule has 0 saturated carbocycles. The van der Waals surface area contributed by atoms with E-state index in [1.807, 2.05) is 6.08 Å². The molecule has 0 heterocycles. The molecule has 0 aromatic rings. The van der Waals surface area contributed by atoms with Crippen molar-refractivity contribution >= 4 is 0 Å². The van der Waals surface area contributed by atoms with Crippen LogP contribution in [0.5, 0.6) is 0 Å². The third-order valence-corrected chi connectivity index (χ3v) is 2.31. The molecule has 78 valence electrons. The van der Waals surface area contributed by atoms with E-state index in [0.717, 1.165) is 32.0 Å². The maximum Gasteiger partial charge on any atom is 0.0160 e. The van der Waals surface area contributed by atoms with Gasteiger partial charge in [0, 0.05) is 13.1 Å². The molecule has 13 heavy (non-hydrogen) atoms. The van der Waals surface area contributed by atoms with Gasteiger partial charge in [0.15, 0.2) is 0 Å². The fourth-order valence-electron chi connectivity index (χ4n) is 1.51. The number of hydrogen-bond donors (Lipinski definition) is 1. The molecule has 0 aliphatic carbocycles. The predicted octanol–water partition coefficient (Wildman–Crippen LogP) is 1.87. The summed E-state index contributed by atoms with van der Waals surface area (Å²) in [5.74, 6) is 0.753. The molecule has 0 amide bonds. The van der Waals surface area contributed by atoms with Crippen molar-refractivity contribution in [3.05, 3.63) is 12.7 Å². The summed E-state index contributed by atoms with van der Waals surface area (Å²) in [5, 5.41) is 0. The Morgan fingerprint density at radius 3 is 2.69 bits per heavy atom. The highest BCUT2D eigenvalue weighted by atomic mass is 15.1. The molecule has 1 atom stereocenters. The Kier molecular flexibility index (Phi) is 8.05. The SMILES string of the molecule is C=CCN(CC)CC(C)CCCN. The summed E-state index contributed by atoms with van der Waals surface area (Å²) in [6, 6.07) is 0. The minimum atomic E-state index is 0.753. The summed E-state index contributed by atoms with van der Waals surface area (Å²) in [5.41, 5.74) is 5.47. The first-order valence-corrected chi connectivity index (χ1v) is 5.27. The van der Waals surface area contributed by atoms with E-state index in [1.165, 1.54) is 13.0 Å². The number of nitrogens with two attached hydrogens (primary N) is 1. The van der Waals surface area contributed by atoms with Crippen LogP contribution in [0.2, 0.25) is 0 Å². The Morgan fingerprint density at radius 2 is 2.23 bits per heavy atom. The molecule has 2 N–H and O–H groups in total. The molecule has 0 radical (unpaired) electrons. The molecule has 0 saturated heterocycles. The van der Waals surface area contributed by atoms with Crippen molar-refractivity contribution in [3.63, 3.8) is 0 Å². The number of hydrogen-bond acceptors (Lipinski definition) is 2. The van der Waals surface area contributed by atoms with Gasteiger partial charge in [-0.15, -0.1) is 6.58 Å². The van der Waals surface area contributed by atoms with Crippen molar-refractivity contribution in [2.24, 2.45) is 11.7 Å². The van der Waals surface area contributed by atoms with E-state index < -0.39 is 0 Å². The summed E-state index contributed by atoms with van der Waals surface area (Å²) in [6.07, 6.45) is 4.36. The average molecular weight is 184 g/mol. The maximum absolute atomic E-state index is 5.47. The Hall–Kier alpha value is -0.340. The molecule has 0 aromatic carbocycles. The molecular weight excluding hydrogens is 160 g/mol. The highest BCUT2D eigenvalue weighted by Gasteiger charge is 2.06. The van der Waals surface area contributed by atoms with Crippen molar-refractivity contribution in [1.29, 1.82) is 0 Å². The van der Waals surface area contributed by atoms with E-state index in [1.54, 1.807) is 0 Å². The summed E-state index contributed by atoms with van der Waals surface area (Å²) >= 11 is 0. The van der Waals surface area contributed by atoms with Crippen LogP contribution in [0.15, 0.2) is 12.7 Å². The molecule has 0 rings (SSSR count). The first kappa shape index (κ1) is 12.7. The second-order valence-corrected chi connectivity index (χ2v) is 3.68. The van der Waals surface area contributed by atoms with Crippen LogP contribution in [0, 0.1) is 5.92 Å². The van der Waals surface area contributed by atoms with Crippen LogP contribution in [0.4, 0.5) is 0 Å². The van der Waals surface area contributed by atoms with Crippen LogP contribution < -0.4 is 5.73 Å². The lowest BCUT2D eigenvalue weighted by molar-refractivity contribution is 0.264. The van der Waals surface area contributed by atoms with Crippen LogP contribution in [0.1, 0.15) is 26.7 Å². The van der Waals surface area contributed by atoms with Crippen LogP contribution in [-0.2, 0) is 0 Å². The minimum Gasteiger partial charge on any atom is -0.330 e. The van der Waals surface area contributed by atoms with E-state index in [4.69, 9.17) is 5.73 Å². The lowest BCUT2D eigenvalue weighted by Crippen LogP contribution is -2.28. The van der Waals surface area contributed by atoms with Gasteiger partial charge in [0.2, 0.25) is 0 Å². The van der Waals surface area contributed by atoms with E-state index in [-0.39, 0.29) is 0 Å². The van der Waals surface area contributed by atoms with Crippen LogP contribution in [-0.4, -0.2) is 31.1 Å². The summed E-state index contributed by atoms with van der Waals surface area (Å²) in [6.45, 7) is 12.3. The normalized spacial score (nSPS) is 13.2. The van der Waals surface area contributed by atoms with Crippen LogP contribution in [0.25, 0.3) is 0 Å². The van der Waals surface area contributed by atoms with Gasteiger partial charge in [-0.25, -0.2) is 0 Å². The Labute approximate surface area is 82.8 Å². The van der Waals surface area contributed by atoms with Gasteiger partial charge in [-0.1, -0.05) is 19.9 Å². The van der Waals surface area contributed by atoms with Crippen molar-refractivity contribution in [2.45, 2.75) is 26.7 Å². The maximum atomic E-state index is 5.47. The topological polar surface area (TPSA) is 29.3 Å². The van der Waals surface area contributed by atoms with Crippen molar-refractivity contribution in [2.75, 3.05) is 26.2 Å². The van der Waals surface area contributed by atoms with E-state index in [2.05, 4.69) is 25.3 Å². The third-order valence-electron chi connectivity index (χ3n) is 2.31. The van der Waals surface area contributed by atoms with Gasteiger partial charge < -0.3 is 5.73 Å². The number of rotatable bonds is 8. The predicted molar refractivity (Wildman–Crippen MR) is 59.8 cm³/mol. The second-order valence-electron chi connectivity index (χ2n) is 3.68. The Bertz CT molecular complexity index is 123. The standard InChI is InChI=1S/C11H24N2/c1-4-9-13(5-2)10-11(3)7-6-8-12/h4,11H,1,5-10,12H2,2-3H3. The van der Waals surface area contributed by atoms with E-state index >= 15 is 0 Å². The molecule has 2 heteroatoms.